The molecule has 0 spiro atoms. The highest BCUT2D eigenvalue weighted by Crippen LogP contribution is 2.19. The molecule has 1 aliphatic rings. The molecule has 0 aliphatic carbocycles. The number of carbonyl (C=O) groups excluding carboxylic acids is 1. The molecule has 0 saturated carbocycles. The SMILES string of the molecule is O=C(Nc1ccc(N2CCNCC2)cc1)c1cnn2cccnc12. The zero-order valence-electron chi connectivity index (χ0n) is 13.1. The summed E-state index contributed by atoms with van der Waals surface area (Å²) in [5.41, 5.74) is 2.94. The van der Waals surface area contributed by atoms with Crippen molar-refractivity contribution < 1.29 is 4.79 Å². The minimum atomic E-state index is -0.210. The molecule has 24 heavy (non-hydrogen) atoms. The summed E-state index contributed by atoms with van der Waals surface area (Å²) in [6.07, 6.45) is 4.95. The van der Waals surface area contributed by atoms with Gasteiger partial charge < -0.3 is 15.5 Å². The lowest BCUT2D eigenvalue weighted by Gasteiger charge is -2.29. The minimum absolute atomic E-state index is 0.210. The average Bonchev–Trinajstić information content (AvgIpc) is 3.07. The number of hydrogen-bond donors (Lipinski definition) is 2. The van der Waals surface area contributed by atoms with Crippen molar-refractivity contribution in [3.8, 4) is 0 Å². The number of benzene rings is 1. The van der Waals surface area contributed by atoms with Gasteiger partial charge in [-0.25, -0.2) is 9.50 Å². The number of rotatable bonds is 3. The van der Waals surface area contributed by atoms with Gasteiger partial charge in [-0.2, -0.15) is 5.10 Å². The van der Waals surface area contributed by atoms with Crippen molar-refractivity contribution in [1.29, 1.82) is 0 Å². The maximum absolute atomic E-state index is 12.5. The van der Waals surface area contributed by atoms with Crippen LogP contribution in [0.1, 0.15) is 10.4 Å². The molecule has 7 nitrogen and oxygen atoms in total. The molecule has 1 saturated heterocycles. The van der Waals surface area contributed by atoms with Crippen LogP contribution in [0.25, 0.3) is 5.65 Å². The Morgan fingerprint density at radius 1 is 1.17 bits per heavy atom. The Balaban J connectivity index is 1.49. The standard InChI is InChI=1S/C17H18N6O/c24-17(15-12-20-23-9-1-6-19-16(15)23)21-13-2-4-14(5-3-13)22-10-7-18-8-11-22/h1-6,9,12,18H,7-8,10-11H2,(H,21,24). The van der Waals surface area contributed by atoms with Crippen molar-refractivity contribution >= 4 is 22.9 Å². The fourth-order valence-corrected chi connectivity index (χ4v) is 2.86. The number of hydrogen-bond acceptors (Lipinski definition) is 5. The van der Waals surface area contributed by atoms with E-state index in [1.807, 2.05) is 24.3 Å². The predicted octanol–water partition coefficient (Wildman–Crippen LogP) is 1.39. The number of amides is 1. The summed E-state index contributed by atoms with van der Waals surface area (Å²) in [6.45, 7) is 4.00. The van der Waals surface area contributed by atoms with E-state index in [0.717, 1.165) is 31.9 Å². The number of nitrogens with zero attached hydrogens (tertiary/aromatic N) is 4. The van der Waals surface area contributed by atoms with E-state index in [1.54, 1.807) is 23.0 Å². The van der Waals surface area contributed by atoms with Gasteiger partial charge in [-0.05, 0) is 30.3 Å². The van der Waals surface area contributed by atoms with E-state index in [2.05, 4.69) is 25.6 Å². The molecule has 0 atom stereocenters. The molecule has 1 aliphatic heterocycles. The molecule has 1 fully saturated rings. The average molecular weight is 322 g/mol. The molecule has 122 valence electrons. The summed E-state index contributed by atoms with van der Waals surface area (Å²) in [6, 6.07) is 9.70. The number of carbonyl (C=O) groups is 1. The third kappa shape index (κ3) is 2.81. The fraction of sp³-hybridized carbons (Fsp3) is 0.235. The Bertz CT molecular complexity index is 851. The highest BCUT2D eigenvalue weighted by molar-refractivity contribution is 6.08. The van der Waals surface area contributed by atoms with Gasteiger partial charge >= 0.3 is 0 Å². The van der Waals surface area contributed by atoms with Gasteiger partial charge in [0, 0.05) is 49.9 Å². The molecule has 0 unspecified atom stereocenters. The second-order valence-electron chi connectivity index (χ2n) is 5.68. The predicted molar refractivity (Wildman–Crippen MR) is 92.5 cm³/mol. The molecule has 1 aromatic carbocycles. The summed E-state index contributed by atoms with van der Waals surface area (Å²) in [4.78, 5) is 19.0. The fourth-order valence-electron chi connectivity index (χ4n) is 2.86. The van der Waals surface area contributed by atoms with Gasteiger partial charge in [0.2, 0.25) is 0 Å². The molecule has 7 heteroatoms. The van der Waals surface area contributed by atoms with Crippen molar-refractivity contribution in [2.45, 2.75) is 0 Å². The molecular formula is C17H18N6O. The van der Waals surface area contributed by atoms with E-state index in [0.29, 0.717) is 11.2 Å². The molecule has 0 bridgehead atoms. The topological polar surface area (TPSA) is 74.6 Å². The zero-order chi connectivity index (χ0) is 16.4. The maximum Gasteiger partial charge on any atom is 0.261 e. The third-order valence-electron chi connectivity index (χ3n) is 4.13. The summed E-state index contributed by atoms with van der Waals surface area (Å²) in [7, 11) is 0. The molecule has 3 heterocycles. The smallest absolute Gasteiger partial charge is 0.261 e. The largest absolute Gasteiger partial charge is 0.369 e. The second kappa shape index (κ2) is 6.29. The van der Waals surface area contributed by atoms with Crippen molar-refractivity contribution in [2.75, 3.05) is 36.4 Å². The van der Waals surface area contributed by atoms with Gasteiger partial charge in [0.15, 0.2) is 5.65 Å². The van der Waals surface area contributed by atoms with Crippen LogP contribution in [0.2, 0.25) is 0 Å². The lowest BCUT2D eigenvalue weighted by molar-refractivity contribution is 0.102. The highest BCUT2D eigenvalue weighted by atomic mass is 16.1. The van der Waals surface area contributed by atoms with E-state index in [4.69, 9.17) is 0 Å². The van der Waals surface area contributed by atoms with Crippen molar-refractivity contribution in [2.24, 2.45) is 0 Å². The van der Waals surface area contributed by atoms with Crippen LogP contribution in [-0.4, -0.2) is 46.7 Å². The van der Waals surface area contributed by atoms with Crippen molar-refractivity contribution in [3.05, 3.63) is 54.5 Å². The van der Waals surface area contributed by atoms with Crippen LogP contribution in [0.15, 0.2) is 48.9 Å². The van der Waals surface area contributed by atoms with E-state index in [1.165, 1.54) is 11.9 Å². The molecule has 2 aromatic heterocycles. The van der Waals surface area contributed by atoms with Crippen molar-refractivity contribution in [3.63, 3.8) is 0 Å². The first-order valence-electron chi connectivity index (χ1n) is 7.97. The number of nitrogens with one attached hydrogen (secondary N) is 2. The lowest BCUT2D eigenvalue weighted by Crippen LogP contribution is -2.43. The monoisotopic (exact) mass is 322 g/mol. The lowest BCUT2D eigenvalue weighted by atomic mass is 10.2. The molecule has 4 rings (SSSR count). The van der Waals surface area contributed by atoms with E-state index < -0.39 is 0 Å². The first-order chi connectivity index (χ1) is 11.8. The van der Waals surface area contributed by atoms with Gasteiger partial charge in [0.1, 0.15) is 5.56 Å². The number of piperazine rings is 1. The van der Waals surface area contributed by atoms with Gasteiger partial charge in [-0.15, -0.1) is 0 Å². The first-order valence-corrected chi connectivity index (χ1v) is 7.97. The summed E-state index contributed by atoms with van der Waals surface area (Å²) >= 11 is 0. The zero-order valence-corrected chi connectivity index (χ0v) is 13.1. The van der Waals surface area contributed by atoms with Gasteiger partial charge in [-0.3, -0.25) is 4.79 Å². The van der Waals surface area contributed by atoms with Gasteiger partial charge in [-0.1, -0.05) is 0 Å². The quantitative estimate of drug-likeness (QED) is 0.762. The van der Waals surface area contributed by atoms with Crippen LogP contribution in [0.3, 0.4) is 0 Å². The first kappa shape index (κ1) is 14.6. The Morgan fingerprint density at radius 3 is 2.75 bits per heavy atom. The van der Waals surface area contributed by atoms with Crippen LogP contribution < -0.4 is 15.5 Å². The Morgan fingerprint density at radius 2 is 1.96 bits per heavy atom. The minimum Gasteiger partial charge on any atom is -0.369 e. The summed E-state index contributed by atoms with van der Waals surface area (Å²) < 4.78 is 1.59. The van der Waals surface area contributed by atoms with E-state index >= 15 is 0 Å². The van der Waals surface area contributed by atoms with Crippen LogP contribution in [0.4, 0.5) is 11.4 Å². The van der Waals surface area contributed by atoms with Crippen LogP contribution in [0, 0.1) is 0 Å². The van der Waals surface area contributed by atoms with Crippen LogP contribution in [0.5, 0.6) is 0 Å². The van der Waals surface area contributed by atoms with Crippen LogP contribution in [-0.2, 0) is 0 Å². The third-order valence-corrected chi connectivity index (χ3v) is 4.13. The van der Waals surface area contributed by atoms with Crippen molar-refractivity contribution in [1.82, 2.24) is 19.9 Å². The molecule has 2 N–H and O–H groups in total. The number of aromatic nitrogens is 3. The summed E-state index contributed by atoms with van der Waals surface area (Å²) in [5.74, 6) is -0.210. The molecule has 0 radical (unpaired) electrons. The van der Waals surface area contributed by atoms with Crippen LogP contribution >= 0.6 is 0 Å². The Kier molecular flexibility index (Phi) is 3.84. The van der Waals surface area contributed by atoms with Gasteiger partial charge in [0.05, 0.1) is 6.20 Å². The normalized spacial score (nSPS) is 14.8. The molecule has 1 amide bonds. The van der Waals surface area contributed by atoms with Gasteiger partial charge in [0.25, 0.3) is 5.91 Å². The maximum atomic E-state index is 12.5. The summed E-state index contributed by atoms with van der Waals surface area (Å²) in [5, 5.41) is 10.4. The van der Waals surface area contributed by atoms with E-state index in [-0.39, 0.29) is 5.91 Å². The highest BCUT2D eigenvalue weighted by Gasteiger charge is 2.14. The number of fused-ring (bicyclic) bond motifs is 1. The Labute approximate surface area is 139 Å². The second-order valence-corrected chi connectivity index (χ2v) is 5.68. The molecular weight excluding hydrogens is 304 g/mol. The van der Waals surface area contributed by atoms with E-state index in [9.17, 15) is 4.79 Å². The molecule has 3 aromatic rings. The Hall–Kier alpha value is -2.93. The number of anilines is 2.